The third-order valence-corrected chi connectivity index (χ3v) is 5.41. The van der Waals surface area contributed by atoms with Crippen LogP contribution in [-0.4, -0.2) is 5.78 Å². The lowest BCUT2D eigenvalue weighted by Crippen LogP contribution is -2.26. The van der Waals surface area contributed by atoms with E-state index in [2.05, 4.69) is 31.2 Å². The Morgan fingerprint density at radius 1 is 1.15 bits per heavy atom. The molecule has 2 aliphatic carbocycles. The van der Waals surface area contributed by atoms with E-state index in [1.54, 1.807) is 0 Å². The van der Waals surface area contributed by atoms with Gasteiger partial charge in [-0.1, -0.05) is 44.0 Å². The first-order chi connectivity index (χ1) is 9.78. The minimum Gasteiger partial charge on any atom is -0.299 e. The lowest BCUT2D eigenvalue weighted by atomic mass is 9.71. The fourth-order valence-corrected chi connectivity index (χ4v) is 4.14. The number of ketones is 1. The second-order valence-corrected chi connectivity index (χ2v) is 6.78. The molecule has 0 amide bonds. The summed E-state index contributed by atoms with van der Waals surface area (Å²) in [6.45, 7) is 2.27. The Morgan fingerprint density at radius 3 is 2.60 bits per heavy atom. The smallest absolute Gasteiger partial charge is 0.136 e. The van der Waals surface area contributed by atoms with Crippen LogP contribution >= 0.6 is 0 Å². The number of carbonyl (C=O) groups is 1. The zero-order valence-corrected chi connectivity index (χ0v) is 12.6. The van der Waals surface area contributed by atoms with Crippen molar-refractivity contribution in [1.29, 1.82) is 0 Å². The Morgan fingerprint density at radius 2 is 1.90 bits per heavy atom. The van der Waals surface area contributed by atoms with Gasteiger partial charge in [0, 0.05) is 12.3 Å². The van der Waals surface area contributed by atoms with E-state index < -0.39 is 0 Å². The average molecular weight is 270 g/mol. The molecular formula is C19H26O. The van der Waals surface area contributed by atoms with Crippen LogP contribution in [0.5, 0.6) is 0 Å². The maximum atomic E-state index is 12.5. The van der Waals surface area contributed by atoms with Gasteiger partial charge in [0.15, 0.2) is 0 Å². The minimum atomic E-state index is 0.371. The normalized spacial score (nSPS) is 28.6. The molecule has 1 nitrogen and oxygen atoms in total. The summed E-state index contributed by atoms with van der Waals surface area (Å²) in [6.07, 6.45) is 9.43. The van der Waals surface area contributed by atoms with Gasteiger partial charge in [-0.25, -0.2) is 0 Å². The van der Waals surface area contributed by atoms with Crippen LogP contribution in [0, 0.1) is 11.8 Å². The Bertz CT molecular complexity index is 468. The van der Waals surface area contributed by atoms with Crippen molar-refractivity contribution in [3.8, 4) is 0 Å². The summed E-state index contributed by atoms with van der Waals surface area (Å²) < 4.78 is 0. The fraction of sp³-hybridized carbons (Fsp3) is 0.632. The van der Waals surface area contributed by atoms with E-state index in [1.807, 2.05) is 0 Å². The van der Waals surface area contributed by atoms with E-state index in [0.717, 1.165) is 31.6 Å². The molecule has 1 unspecified atom stereocenters. The number of hydrogen-bond donors (Lipinski definition) is 0. The van der Waals surface area contributed by atoms with Gasteiger partial charge in [-0.05, 0) is 55.1 Å². The molecular weight excluding hydrogens is 244 g/mol. The van der Waals surface area contributed by atoms with Crippen molar-refractivity contribution in [3.05, 3.63) is 35.4 Å². The molecule has 1 aromatic carbocycles. The quantitative estimate of drug-likeness (QED) is 0.744. The Kier molecular flexibility index (Phi) is 4.24. The molecule has 1 atom stereocenters. The highest BCUT2D eigenvalue weighted by atomic mass is 16.1. The van der Waals surface area contributed by atoms with Crippen molar-refractivity contribution in [2.75, 3.05) is 0 Å². The maximum absolute atomic E-state index is 12.5. The third-order valence-electron chi connectivity index (χ3n) is 5.41. The maximum Gasteiger partial charge on any atom is 0.136 e. The third kappa shape index (κ3) is 2.82. The molecule has 3 rings (SSSR count). The summed E-state index contributed by atoms with van der Waals surface area (Å²) in [6, 6.07) is 8.61. The first kappa shape index (κ1) is 13.9. The SMILES string of the molecule is CCCC1CCC(C(=O)CC2Cc3ccccc32)CC1. The van der Waals surface area contributed by atoms with Gasteiger partial charge in [-0.2, -0.15) is 0 Å². The van der Waals surface area contributed by atoms with Crippen LogP contribution in [0.25, 0.3) is 0 Å². The predicted molar refractivity (Wildman–Crippen MR) is 82.9 cm³/mol. The van der Waals surface area contributed by atoms with Crippen LogP contribution < -0.4 is 0 Å². The standard InChI is InChI=1S/C19H26O/c1-2-5-14-8-10-15(11-9-14)19(20)13-17-12-16-6-3-4-7-18(16)17/h3-4,6-7,14-15,17H,2,5,8-13H2,1H3. The molecule has 2 aliphatic rings. The number of rotatable bonds is 5. The van der Waals surface area contributed by atoms with Crippen LogP contribution in [0.15, 0.2) is 24.3 Å². The highest BCUT2D eigenvalue weighted by molar-refractivity contribution is 5.82. The zero-order chi connectivity index (χ0) is 13.9. The van der Waals surface area contributed by atoms with Crippen molar-refractivity contribution in [3.63, 3.8) is 0 Å². The fourth-order valence-electron chi connectivity index (χ4n) is 4.14. The van der Waals surface area contributed by atoms with Crippen LogP contribution in [-0.2, 0) is 11.2 Å². The number of Topliss-reactive ketones (excluding diaryl/α,β-unsaturated/α-hetero) is 1. The first-order valence-corrected chi connectivity index (χ1v) is 8.38. The van der Waals surface area contributed by atoms with Crippen molar-refractivity contribution in [1.82, 2.24) is 0 Å². The summed E-state index contributed by atoms with van der Waals surface area (Å²) >= 11 is 0. The van der Waals surface area contributed by atoms with Gasteiger partial charge in [-0.3, -0.25) is 4.79 Å². The first-order valence-electron chi connectivity index (χ1n) is 8.38. The summed E-state index contributed by atoms with van der Waals surface area (Å²) in [5.74, 6) is 2.33. The molecule has 0 spiro atoms. The molecule has 0 radical (unpaired) electrons. The van der Waals surface area contributed by atoms with Gasteiger partial charge >= 0.3 is 0 Å². The van der Waals surface area contributed by atoms with Gasteiger partial charge in [0.05, 0.1) is 0 Å². The molecule has 0 aliphatic heterocycles. The van der Waals surface area contributed by atoms with Gasteiger partial charge < -0.3 is 0 Å². The average Bonchev–Trinajstić information content (AvgIpc) is 2.46. The van der Waals surface area contributed by atoms with E-state index in [0.29, 0.717) is 17.6 Å². The topological polar surface area (TPSA) is 17.1 Å². The number of fused-ring (bicyclic) bond motifs is 1. The largest absolute Gasteiger partial charge is 0.299 e. The van der Waals surface area contributed by atoms with Crippen molar-refractivity contribution < 1.29 is 4.79 Å². The molecule has 1 fully saturated rings. The van der Waals surface area contributed by atoms with Crippen LogP contribution in [0.4, 0.5) is 0 Å². The monoisotopic (exact) mass is 270 g/mol. The summed E-state index contributed by atoms with van der Waals surface area (Å²) in [7, 11) is 0. The molecule has 0 aromatic heterocycles. The highest BCUT2D eigenvalue weighted by Gasteiger charge is 2.31. The molecule has 1 aromatic rings. The van der Waals surface area contributed by atoms with Crippen LogP contribution in [0.2, 0.25) is 0 Å². The highest BCUT2D eigenvalue weighted by Crippen LogP contribution is 2.40. The van der Waals surface area contributed by atoms with Gasteiger partial charge in [-0.15, -0.1) is 0 Å². The second kappa shape index (κ2) is 6.11. The molecule has 0 bridgehead atoms. The number of benzene rings is 1. The molecule has 1 saturated carbocycles. The Labute approximate surface area is 122 Å². The van der Waals surface area contributed by atoms with E-state index in [4.69, 9.17) is 0 Å². The van der Waals surface area contributed by atoms with Crippen LogP contribution in [0.3, 0.4) is 0 Å². The predicted octanol–water partition coefficient (Wildman–Crippen LogP) is 4.89. The zero-order valence-electron chi connectivity index (χ0n) is 12.6. The van der Waals surface area contributed by atoms with Crippen molar-refractivity contribution >= 4 is 5.78 Å². The second-order valence-electron chi connectivity index (χ2n) is 6.78. The number of carbonyl (C=O) groups excluding carboxylic acids is 1. The molecule has 0 saturated heterocycles. The van der Waals surface area contributed by atoms with Crippen LogP contribution in [0.1, 0.15) is 68.9 Å². The Balaban J connectivity index is 1.49. The van der Waals surface area contributed by atoms with E-state index in [-0.39, 0.29) is 0 Å². The van der Waals surface area contributed by atoms with Crippen molar-refractivity contribution in [2.24, 2.45) is 11.8 Å². The summed E-state index contributed by atoms with van der Waals surface area (Å²) in [5, 5.41) is 0. The lowest BCUT2D eigenvalue weighted by molar-refractivity contribution is -0.124. The van der Waals surface area contributed by atoms with E-state index >= 15 is 0 Å². The number of hydrogen-bond acceptors (Lipinski definition) is 1. The summed E-state index contributed by atoms with van der Waals surface area (Å²) in [4.78, 5) is 12.5. The molecule has 20 heavy (non-hydrogen) atoms. The lowest BCUT2D eigenvalue weighted by Gasteiger charge is -2.32. The van der Waals surface area contributed by atoms with Crippen molar-refractivity contribution in [2.45, 2.75) is 64.2 Å². The molecule has 0 heterocycles. The van der Waals surface area contributed by atoms with E-state index in [9.17, 15) is 4.79 Å². The summed E-state index contributed by atoms with van der Waals surface area (Å²) in [5.41, 5.74) is 2.89. The van der Waals surface area contributed by atoms with Gasteiger partial charge in [0.1, 0.15) is 5.78 Å². The minimum absolute atomic E-state index is 0.371. The van der Waals surface area contributed by atoms with Gasteiger partial charge in [0.2, 0.25) is 0 Å². The molecule has 0 N–H and O–H groups in total. The van der Waals surface area contributed by atoms with Gasteiger partial charge in [0.25, 0.3) is 0 Å². The van der Waals surface area contributed by atoms with E-state index in [1.165, 1.54) is 36.8 Å². The molecule has 108 valence electrons. The Hall–Kier alpha value is -1.11. The molecule has 1 heteroatoms.